The van der Waals surface area contributed by atoms with E-state index in [0.29, 0.717) is 17.3 Å². The fraction of sp³-hybridized carbons (Fsp3) is 0.500. The standard InChI is InChI=1S/C12H16N4O3S/c1-8-5-13-11(19-8)6-14-20(17,18)10-7-16(2)15-12(10)9-3-4-9/h5,7,9,14H,3-4,6H2,1-2H3. The average Bonchev–Trinajstić information content (AvgIpc) is 3.03. The molecule has 0 aromatic carbocycles. The maximum absolute atomic E-state index is 12.3. The molecule has 7 nitrogen and oxygen atoms in total. The molecule has 108 valence electrons. The van der Waals surface area contributed by atoms with Crippen molar-refractivity contribution in [2.24, 2.45) is 7.05 Å². The molecule has 1 aliphatic rings. The predicted molar refractivity (Wildman–Crippen MR) is 70.4 cm³/mol. The molecule has 8 heteroatoms. The van der Waals surface area contributed by atoms with Gasteiger partial charge in [0.25, 0.3) is 0 Å². The van der Waals surface area contributed by atoms with Gasteiger partial charge in [0, 0.05) is 19.2 Å². The molecule has 3 rings (SSSR count). The zero-order valence-electron chi connectivity index (χ0n) is 11.3. The number of oxazole rings is 1. The maximum Gasteiger partial charge on any atom is 0.244 e. The largest absolute Gasteiger partial charge is 0.445 e. The highest BCUT2D eigenvalue weighted by Gasteiger charge is 2.33. The van der Waals surface area contributed by atoms with Gasteiger partial charge in [-0.25, -0.2) is 18.1 Å². The van der Waals surface area contributed by atoms with Crippen LogP contribution in [0.25, 0.3) is 0 Å². The highest BCUT2D eigenvalue weighted by Crippen LogP contribution is 2.41. The second-order valence-electron chi connectivity index (χ2n) is 5.02. The Bertz CT molecular complexity index is 728. The first kappa shape index (κ1) is 13.3. The van der Waals surface area contributed by atoms with Crippen molar-refractivity contribution in [1.82, 2.24) is 19.5 Å². The van der Waals surface area contributed by atoms with Crippen molar-refractivity contribution in [2.75, 3.05) is 0 Å². The third-order valence-corrected chi connectivity index (χ3v) is 4.58. The smallest absolute Gasteiger partial charge is 0.244 e. The quantitative estimate of drug-likeness (QED) is 0.891. The molecule has 2 aromatic rings. The lowest BCUT2D eigenvalue weighted by atomic mass is 10.3. The summed E-state index contributed by atoms with van der Waals surface area (Å²) in [6, 6.07) is 0. The van der Waals surface area contributed by atoms with Crippen LogP contribution in [0.5, 0.6) is 0 Å². The summed E-state index contributed by atoms with van der Waals surface area (Å²) in [6.07, 6.45) is 5.09. The van der Waals surface area contributed by atoms with Gasteiger partial charge in [-0.2, -0.15) is 5.10 Å². The van der Waals surface area contributed by atoms with Crippen molar-refractivity contribution in [2.45, 2.75) is 37.1 Å². The molecule has 1 saturated carbocycles. The number of aryl methyl sites for hydroxylation is 2. The lowest BCUT2D eigenvalue weighted by molar-refractivity contribution is 0.463. The topological polar surface area (TPSA) is 90.0 Å². The van der Waals surface area contributed by atoms with E-state index in [4.69, 9.17) is 4.42 Å². The Morgan fingerprint density at radius 3 is 2.85 bits per heavy atom. The van der Waals surface area contributed by atoms with Crippen LogP contribution in [0.3, 0.4) is 0 Å². The van der Waals surface area contributed by atoms with Gasteiger partial charge in [-0.15, -0.1) is 0 Å². The summed E-state index contributed by atoms with van der Waals surface area (Å²) in [4.78, 5) is 4.23. The normalized spacial score (nSPS) is 15.7. The van der Waals surface area contributed by atoms with Gasteiger partial charge in [-0.05, 0) is 19.8 Å². The summed E-state index contributed by atoms with van der Waals surface area (Å²) < 4.78 is 34.0. The Hall–Kier alpha value is -1.67. The maximum atomic E-state index is 12.3. The highest BCUT2D eigenvalue weighted by molar-refractivity contribution is 7.89. The van der Waals surface area contributed by atoms with Crippen molar-refractivity contribution >= 4 is 10.0 Å². The number of sulfonamides is 1. The first-order valence-electron chi connectivity index (χ1n) is 6.40. The molecule has 2 aromatic heterocycles. The molecular formula is C12H16N4O3S. The molecule has 0 saturated heterocycles. The molecule has 20 heavy (non-hydrogen) atoms. The Labute approximate surface area is 117 Å². The van der Waals surface area contributed by atoms with E-state index in [1.54, 1.807) is 20.2 Å². The first-order chi connectivity index (χ1) is 9.45. The van der Waals surface area contributed by atoms with Gasteiger partial charge >= 0.3 is 0 Å². The minimum Gasteiger partial charge on any atom is -0.445 e. The minimum absolute atomic E-state index is 0.0369. The Morgan fingerprint density at radius 2 is 2.25 bits per heavy atom. The van der Waals surface area contributed by atoms with E-state index in [1.807, 2.05) is 0 Å². The molecule has 0 amide bonds. The summed E-state index contributed by atoms with van der Waals surface area (Å²) >= 11 is 0. The van der Waals surface area contributed by atoms with E-state index < -0.39 is 10.0 Å². The second kappa shape index (κ2) is 4.71. The number of hydrogen-bond acceptors (Lipinski definition) is 5. The number of hydrogen-bond donors (Lipinski definition) is 1. The third kappa shape index (κ3) is 2.61. The molecule has 1 N–H and O–H groups in total. The summed E-state index contributed by atoms with van der Waals surface area (Å²) in [6.45, 7) is 1.80. The molecule has 0 spiro atoms. The summed E-state index contributed by atoms with van der Waals surface area (Å²) in [7, 11) is -1.87. The first-order valence-corrected chi connectivity index (χ1v) is 7.88. The van der Waals surface area contributed by atoms with E-state index in [2.05, 4.69) is 14.8 Å². The van der Waals surface area contributed by atoms with Crippen LogP contribution in [0, 0.1) is 6.92 Å². The molecule has 0 unspecified atom stereocenters. The van der Waals surface area contributed by atoms with Crippen molar-refractivity contribution in [3.8, 4) is 0 Å². The van der Waals surface area contributed by atoms with Crippen LogP contribution >= 0.6 is 0 Å². The van der Waals surface area contributed by atoms with E-state index in [-0.39, 0.29) is 17.4 Å². The predicted octanol–water partition coefficient (Wildman–Crippen LogP) is 1.07. The second-order valence-corrected chi connectivity index (χ2v) is 6.75. The van der Waals surface area contributed by atoms with Crippen molar-refractivity contribution in [1.29, 1.82) is 0 Å². The van der Waals surface area contributed by atoms with E-state index in [9.17, 15) is 8.42 Å². The van der Waals surface area contributed by atoms with Gasteiger partial charge < -0.3 is 4.42 Å². The molecule has 0 bridgehead atoms. The van der Waals surface area contributed by atoms with Gasteiger partial charge in [0.05, 0.1) is 18.4 Å². The monoisotopic (exact) mass is 296 g/mol. The van der Waals surface area contributed by atoms with Crippen LogP contribution in [0.2, 0.25) is 0 Å². The van der Waals surface area contributed by atoms with Gasteiger partial charge in [0.1, 0.15) is 10.7 Å². The zero-order chi connectivity index (χ0) is 14.3. The molecule has 2 heterocycles. The third-order valence-electron chi connectivity index (χ3n) is 3.16. The number of nitrogens with zero attached hydrogens (tertiary/aromatic N) is 3. The van der Waals surface area contributed by atoms with Crippen molar-refractivity contribution in [3.05, 3.63) is 29.7 Å². The van der Waals surface area contributed by atoms with Crippen LogP contribution in [0.15, 0.2) is 21.7 Å². The highest BCUT2D eigenvalue weighted by atomic mass is 32.2. The van der Waals surface area contributed by atoms with Crippen molar-refractivity contribution in [3.63, 3.8) is 0 Å². The number of aromatic nitrogens is 3. The van der Waals surface area contributed by atoms with Gasteiger partial charge in [0.2, 0.25) is 15.9 Å². The van der Waals surface area contributed by atoms with Crippen LogP contribution in [-0.2, 0) is 23.6 Å². The van der Waals surface area contributed by atoms with Gasteiger partial charge in [-0.3, -0.25) is 4.68 Å². The SMILES string of the molecule is Cc1cnc(CNS(=O)(=O)c2cn(C)nc2C2CC2)o1. The van der Waals surface area contributed by atoms with E-state index in [0.717, 1.165) is 12.8 Å². The number of nitrogens with one attached hydrogen (secondary N) is 1. The molecule has 1 fully saturated rings. The fourth-order valence-electron chi connectivity index (χ4n) is 2.05. The van der Waals surface area contributed by atoms with Crippen LogP contribution in [-0.4, -0.2) is 23.2 Å². The lowest BCUT2D eigenvalue weighted by Crippen LogP contribution is -2.24. The van der Waals surface area contributed by atoms with Crippen molar-refractivity contribution < 1.29 is 12.8 Å². The fourth-order valence-corrected chi connectivity index (χ4v) is 3.29. The summed E-state index contributed by atoms with van der Waals surface area (Å²) in [5.74, 6) is 1.27. The van der Waals surface area contributed by atoms with Crippen LogP contribution in [0.1, 0.15) is 36.1 Å². The Morgan fingerprint density at radius 1 is 1.50 bits per heavy atom. The zero-order valence-corrected chi connectivity index (χ0v) is 12.1. The van der Waals surface area contributed by atoms with Crippen LogP contribution in [0.4, 0.5) is 0 Å². The van der Waals surface area contributed by atoms with Crippen LogP contribution < -0.4 is 4.72 Å². The van der Waals surface area contributed by atoms with E-state index in [1.165, 1.54) is 10.9 Å². The molecule has 0 aliphatic heterocycles. The average molecular weight is 296 g/mol. The Kier molecular flexibility index (Phi) is 3.14. The molecule has 0 radical (unpaired) electrons. The molecule has 1 aliphatic carbocycles. The summed E-state index contributed by atoms with van der Waals surface area (Å²) in [5, 5.41) is 4.26. The number of rotatable bonds is 5. The molecular weight excluding hydrogens is 280 g/mol. The van der Waals surface area contributed by atoms with Gasteiger partial charge in [0.15, 0.2) is 0 Å². The lowest BCUT2D eigenvalue weighted by Gasteiger charge is -2.04. The van der Waals surface area contributed by atoms with Gasteiger partial charge in [-0.1, -0.05) is 0 Å². The Balaban J connectivity index is 1.81. The summed E-state index contributed by atoms with van der Waals surface area (Å²) in [5.41, 5.74) is 0.656. The van der Waals surface area contributed by atoms with E-state index >= 15 is 0 Å². The molecule has 0 atom stereocenters. The minimum atomic E-state index is -3.60.